The molecule has 1 saturated heterocycles. The van der Waals surface area contributed by atoms with Crippen molar-refractivity contribution < 1.29 is 14.5 Å². The molecule has 8 heteroatoms. The summed E-state index contributed by atoms with van der Waals surface area (Å²) in [6.45, 7) is 2.74. The van der Waals surface area contributed by atoms with Crippen LogP contribution in [0.2, 0.25) is 0 Å². The van der Waals surface area contributed by atoms with E-state index < -0.39 is 4.92 Å². The van der Waals surface area contributed by atoms with E-state index in [4.69, 9.17) is 4.74 Å². The van der Waals surface area contributed by atoms with Gasteiger partial charge in [0.05, 0.1) is 18.1 Å². The molecule has 2 rings (SSSR count). The zero-order valence-corrected chi connectivity index (χ0v) is 13.5. The van der Waals surface area contributed by atoms with E-state index in [0.717, 1.165) is 3.57 Å². The van der Waals surface area contributed by atoms with Crippen LogP contribution in [-0.4, -0.2) is 48.6 Å². The first kappa shape index (κ1) is 16.0. The van der Waals surface area contributed by atoms with E-state index in [9.17, 15) is 14.9 Å². The number of hydrogen-bond donors (Lipinski definition) is 1. The van der Waals surface area contributed by atoms with Crippen molar-refractivity contribution in [3.05, 3.63) is 31.9 Å². The average Bonchev–Trinajstić information content (AvgIpc) is 2.49. The van der Waals surface area contributed by atoms with Gasteiger partial charge in [-0.2, -0.15) is 0 Å². The molecule has 1 amide bonds. The van der Waals surface area contributed by atoms with Crippen molar-refractivity contribution in [3.63, 3.8) is 0 Å². The number of anilines is 1. The molecule has 1 aliphatic heterocycles. The number of hydrogen-bond acceptors (Lipinski definition) is 5. The second-order valence-electron chi connectivity index (χ2n) is 4.59. The predicted molar refractivity (Wildman–Crippen MR) is 86.3 cm³/mol. The highest BCUT2D eigenvalue weighted by Crippen LogP contribution is 2.26. The monoisotopic (exact) mass is 405 g/mol. The van der Waals surface area contributed by atoms with Crippen molar-refractivity contribution >= 4 is 39.9 Å². The number of benzene rings is 1. The highest BCUT2D eigenvalue weighted by molar-refractivity contribution is 14.1. The van der Waals surface area contributed by atoms with Crippen LogP contribution in [-0.2, 0) is 9.53 Å². The Kier molecular flexibility index (Phi) is 5.74. The quantitative estimate of drug-likeness (QED) is 0.459. The van der Waals surface area contributed by atoms with Gasteiger partial charge in [0.15, 0.2) is 0 Å². The van der Waals surface area contributed by atoms with Gasteiger partial charge in [0, 0.05) is 35.7 Å². The van der Waals surface area contributed by atoms with Gasteiger partial charge < -0.3 is 15.0 Å². The van der Waals surface area contributed by atoms with Gasteiger partial charge in [-0.1, -0.05) is 0 Å². The second kappa shape index (κ2) is 7.55. The number of nitrogens with zero attached hydrogens (tertiary/aromatic N) is 2. The van der Waals surface area contributed by atoms with Crippen LogP contribution in [0.3, 0.4) is 0 Å². The number of amides is 1. The Morgan fingerprint density at radius 3 is 2.81 bits per heavy atom. The summed E-state index contributed by atoms with van der Waals surface area (Å²) in [7, 11) is 0. The molecule has 0 saturated carbocycles. The minimum absolute atomic E-state index is 0.0284. The number of carbonyl (C=O) groups is 1. The molecule has 1 N–H and O–H groups in total. The Bertz CT molecular complexity index is 532. The molecule has 1 aromatic rings. The molecule has 114 valence electrons. The van der Waals surface area contributed by atoms with Gasteiger partial charge in [0.2, 0.25) is 5.91 Å². The van der Waals surface area contributed by atoms with E-state index in [-0.39, 0.29) is 11.6 Å². The number of halogens is 1. The van der Waals surface area contributed by atoms with Gasteiger partial charge in [-0.25, -0.2) is 0 Å². The van der Waals surface area contributed by atoms with Gasteiger partial charge in [0.1, 0.15) is 5.69 Å². The topological polar surface area (TPSA) is 84.7 Å². The lowest BCUT2D eigenvalue weighted by molar-refractivity contribution is -0.384. The molecule has 1 aliphatic rings. The number of nitro groups is 1. The molecule has 0 unspecified atom stereocenters. The third kappa shape index (κ3) is 4.53. The molecular formula is C13H16IN3O4. The summed E-state index contributed by atoms with van der Waals surface area (Å²) in [5, 5.41) is 14.0. The maximum Gasteiger partial charge on any atom is 0.293 e. The highest BCUT2D eigenvalue weighted by Gasteiger charge is 2.17. The zero-order chi connectivity index (χ0) is 15.2. The van der Waals surface area contributed by atoms with E-state index in [1.54, 1.807) is 17.0 Å². The van der Waals surface area contributed by atoms with Gasteiger partial charge >= 0.3 is 0 Å². The lowest BCUT2D eigenvalue weighted by Crippen LogP contribution is -2.41. The van der Waals surface area contributed by atoms with Crippen molar-refractivity contribution in [3.8, 4) is 0 Å². The van der Waals surface area contributed by atoms with Crippen LogP contribution in [0.5, 0.6) is 0 Å². The maximum absolute atomic E-state index is 12.0. The second-order valence-corrected chi connectivity index (χ2v) is 5.83. The van der Waals surface area contributed by atoms with E-state index in [1.165, 1.54) is 6.07 Å². The van der Waals surface area contributed by atoms with Crippen molar-refractivity contribution in [1.29, 1.82) is 0 Å². The lowest BCUT2D eigenvalue weighted by Gasteiger charge is -2.26. The van der Waals surface area contributed by atoms with Crippen LogP contribution in [0.4, 0.5) is 11.4 Å². The highest BCUT2D eigenvalue weighted by atomic mass is 127. The first-order chi connectivity index (χ1) is 10.1. The van der Waals surface area contributed by atoms with E-state index in [0.29, 0.717) is 45.0 Å². The summed E-state index contributed by atoms with van der Waals surface area (Å²) in [5.74, 6) is 0.0407. The fourth-order valence-electron chi connectivity index (χ4n) is 2.08. The third-order valence-electron chi connectivity index (χ3n) is 3.17. The van der Waals surface area contributed by atoms with Crippen LogP contribution in [0.15, 0.2) is 18.2 Å². The Morgan fingerprint density at radius 2 is 2.14 bits per heavy atom. The molecule has 7 nitrogen and oxygen atoms in total. The molecule has 0 aliphatic carbocycles. The fraction of sp³-hybridized carbons (Fsp3) is 0.462. The number of morpholine rings is 1. The number of carbonyl (C=O) groups excluding carboxylic acids is 1. The standard InChI is InChI=1S/C13H16IN3O4/c14-10-1-2-11(12(9-10)17(19)20)15-4-3-13(18)16-5-7-21-8-6-16/h1-2,9,15H,3-8H2. The largest absolute Gasteiger partial charge is 0.379 e. The van der Waals surface area contributed by atoms with Gasteiger partial charge in [-0.3, -0.25) is 14.9 Å². The van der Waals surface area contributed by atoms with E-state index >= 15 is 0 Å². The van der Waals surface area contributed by atoms with Gasteiger partial charge in [-0.15, -0.1) is 0 Å². The normalized spacial score (nSPS) is 14.8. The Balaban J connectivity index is 1.88. The summed E-state index contributed by atoms with van der Waals surface area (Å²) in [4.78, 5) is 24.3. The van der Waals surface area contributed by atoms with Gasteiger partial charge in [0.25, 0.3) is 5.69 Å². The fourth-order valence-corrected chi connectivity index (χ4v) is 2.56. The molecule has 0 spiro atoms. The predicted octanol–water partition coefficient (Wildman–Crippen LogP) is 1.86. The summed E-state index contributed by atoms with van der Waals surface area (Å²) < 4.78 is 5.99. The third-order valence-corrected chi connectivity index (χ3v) is 3.85. The molecule has 0 aromatic heterocycles. The van der Waals surface area contributed by atoms with Crippen molar-refractivity contribution in [1.82, 2.24) is 4.90 Å². The van der Waals surface area contributed by atoms with Crippen LogP contribution >= 0.6 is 22.6 Å². The number of ether oxygens (including phenoxy) is 1. The van der Waals surface area contributed by atoms with Gasteiger partial charge in [-0.05, 0) is 34.7 Å². The van der Waals surface area contributed by atoms with E-state index in [1.807, 2.05) is 22.6 Å². The van der Waals surface area contributed by atoms with Crippen LogP contribution < -0.4 is 5.32 Å². The van der Waals surface area contributed by atoms with Crippen LogP contribution in [0.1, 0.15) is 6.42 Å². The van der Waals surface area contributed by atoms with Crippen molar-refractivity contribution in [2.45, 2.75) is 6.42 Å². The Hall–Kier alpha value is -1.42. The van der Waals surface area contributed by atoms with Crippen molar-refractivity contribution in [2.24, 2.45) is 0 Å². The first-order valence-corrected chi connectivity index (χ1v) is 7.69. The molecule has 1 fully saturated rings. The molecule has 21 heavy (non-hydrogen) atoms. The molecule has 1 aromatic carbocycles. The summed E-state index contributed by atoms with van der Waals surface area (Å²) in [6, 6.07) is 4.96. The molecule has 0 bridgehead atoms. The summed E-state index contributed by atoms with van der Waals surface area (Å²) >= 11 is 2.03. The lowest BCUT2D eigenvalue weighted by atomic mass is 10.2. The Labute approximate surface area is 135 Å². The van der Waals surface area contributed by atoms with Crippen molar-refractivity contribution in [2.75, 3.05) is 38.2 Å². The number of nitro benzene ring substituents is 1. The zero-order valence-electron chi connectivity index (χ0n) is 11.4. The number of nitrogens with one attached hydrogen (secondary N) is 1. The van der Waals surface area contributed by atoms with Crippen LogP contribution in [0.25, 0.3) is 0 Å². The maximum atomic E-state index is 12.0. The SMILES string of the molecule is O=C(CCNc1ccc(I)cc1[N+](=O)[O-])N1CCOCC1. The molecule has 0 radical (unpaired) electrons. The van der Waals surface area contributed by atoms with Crippen LogP contribution in [0, 0.1) is 13.7 Å². The molecular weight excluding hydrogens is 389 g/mol. The molecule has 1 heterocycles. The summed E-state index contributed by atoms with van der Waals surface area (Å²) in [6.07, 6.45) is 0.309. The number of rotatable bonds is 5. The minimum atomic E-state index is -0.422. The smallest absolute Gasteiger partial charge is 0.293 e. The average molecular weight is 405 g/mol. The van der Waals surface area contributed by atoms with E-state index in [2.05, 4.69) is 5.32 Å². The summed E-state index contributed by atoms with van der Waals surface area (Å²) in [5.41, 5.74) is 0.468. The first-order valence-electron chi connectivity index (χ1n) is 6.61. The molecule has 0 atom stereocenters. The Morgan fingerprint density at radius 1 is 1.43 bits per heavy atom. The minimum Gasteiger partial charge on any atom is -0.379 e.